The molecule has 0 bridgehead atoms. The van der Waals surface area contributed by atoms with Crippen LogP contribution in [0.4, 0.5) is 17.3 Å². The number of aromatic nitrogens is 3. The van der Waals surface area contributed by atoms with Gasteiger partial charge in [0.2, 0.25) is 17.0 Å². The highest BCUT2D eigenvalue weighted by atomic mass is 79.9. The Kier molecular flexibility index (Phi) is 5.37. The zero-order valence-electron chi connectivity index (χ0n) is 10.7. The lowest BCUT2D eigenvalue weighted by molar-refractivity contribution is -0.384. The third kappa shape index (κ3) is 4.18. The summed E-state index contributed by atoms with van der Waals surface area (Å²) in [4.78, 5) is 26.2. The smallest absolute Gasteiger partial charge is 0.295 e. The zero-order valence-corrected chi connectivity index (χ0v) is 14.7. The van der Waals surface area contributed by atoms with Gasteiger partial charge in [0.25, 0.3) is 5.69 Å². The maximum absolute atomic E-state index is 11.9. The van der Waals surface area contributed by atoms with Crippen molar-refractivity contribution in [2.75, 3.05) is 16.8 Å². The van der Waals surface area contributed by atoms with E-state index >= 15 is 0 Å². The first-order valence-corrected chi connectivity index (χ1v) is 8.18. The average molecular weight is 452 g/mol. The molecule has 2 aromatic rings. The molecule has 0 saturated heterocycles. The number of thioether (sulfide) groups is 1. The van der Waals surface area contributed by atoms with Crippen LogP contribution in [0.5, 0.6) is 0 Å². The highest BCUT2D eigenvalue weighted by Gasteiger charge is 2.20. The van der Waals surface area contributed by atoms with Gasteiger partial charge in [0.1, 0.15) is 5.69 Å². The van der Waals surface area contributed by atoms with E-state index in [0.717, 1.165) is 11.8 Å². The number of aromatic amines is 1. The number of carbonyl (C=O) groups excluding carboxylic acids is 1. The van der Waals surface area contributed by atoms with Gasteiger partial charge in [-0.1, -0.05) is 27.7 Å². The minimum Gasteiger partial charge on any atom is -0.368 e. The molecular weight excluding hydrogens is 444 g/mol. The number of nitrogens with one attached hydrogen (secondary N) is 2. The Morgan fingerprint density at radius 1 is 1.50 bits per heavy atom. The minimum absolute atomic E-state index is 0.0169. The van der Waals surface area contributed by atoms with Gasteiger partial charge in [-0.05, 0) is 22.0 Å². The quantitative estimate of drug-likeness (QED) is 0.360. The number of anilines is 2. The van der Waals surface area contributed by atoms with Crippen LogP contribution in [0, 0.1) is 10.1 Å². The Morgan fingerprint density at radius 2 is 2.23 bits per heavy atom. The van der Waals surface area contributed by atoms with Crippen LogP contribution in [0.15, 0.2) is 26.2 Å². The number of nitro groups is 1. The van der Waals surface area contributed by atoms with E-state index in [2.05, 4.69) is 52.4 Å². The molecule has 22 heavy (non-hydrogen) atoms. The van der Waals surface area contributed by atoms with E-state index < -0.39 is 10.8 Å². The van der Waals surface area contributed by atoms with Gasteiger partial charge in [-0.15, -0.1) is 5.10 Å². The highest BCUT2D eigenvalue weighted by molar-refractivity contribution is 9.11. The van der Waals surface area contributed by atoms with Gasteiger partial charge in [-0.2, -0.15) is 4.98 Å². The first kappa shape index (κ1) is 16.7. The number of nitrogens with zero attached hydrogens (tertiary/aromatic N) is 3. The second-order valence-electron chi connectivity index (χ2n) is 3.88. The van der Waals surface area contributed by atoms with Crippen molar-refractivity contribution < 1.29 is 9.72 Å². The summed E-state index contributed by atoms with van der Waals surface area (Å²) in [5, 5.41) is 20.1. The number of nitro benzene ring substituents is 1. The topological polar surface area (TPSA) is 140 Å². The summed E-state index contributed by atoms with van der Waals surface area (Å²) in [5.74, 6) is -0.301. The molecule has 0 aliphatic heterocycles. The number of carbonyl (C=O) groups is 1. The van der Waals surface area contributed by atoms with Gasteiger partial charge in [0.15, 0.2) is 0 Å². The Bertz CT molecular complexity index is 737. The Labute approximate surface area is 144 Å². The SMILES string of the molecule is Nc1nc(SCC(=O)Nc2c(Br)cc(Br)cc2[N+](=O)[O-])n[nH]1. The van der Waals surface area contributed by atoms with Gasteiger partial charge < -0.3 is 11.1 Å². The summed E-state index contributed by atoms with van der Waals surface area (Å²) in [6.45, 7) is 0. The standard InChI is InChI=1S/C10H8Br2N6O3S/c11-4-1-5(12)8(6(2-4)18(20)21)14-7(19)3-22-10-15-9(13)16-17-10/h1-2H,3H2,(H,14,19)(H3,13,15,16,17). The molecule has 0 radical (unpaired) electrons. The van der Waals surface area contributed by atoms with Crippen LogP contribution in [0.1, 0.15) is 0 Å². The number of H-pyrrole nitrogens is 1. The summed E-state index contributed by atoms with van der Waals surface area (Å²) < 4.78 is 0.920. The van der Waals surface area contributed by atoms with Crippen molar-refractivity contribution in [2.24, 2.45) is 0 Å². The fraction of sp³-hybridized carbons (Fsp3) is 0.100. The molecular formula is C10H8Br2N6O3S. The van der Waals surface area contributed by atoms with Crippen LogP contribution in [-0.4, -0.2) is 31.8 Å². The number of hydrogen-bond donors (Lipinski definition) is 3. The van der Waals surface area contributed by atoms with Crippen molar-refractivity contribution >= 4 is 66.9 Å². The second kappa shape index (κ2) is 7.07. The molecule has 12 heteroatoms. The molecule has 0 spiro atoms. The fourth-order valence-corrected chi connectivity index (χ4v) is 3.36. The van der Waals surface area contributed by atoms with Gasteiger partial charge in [-0.3, -0.25) is 14.9 Å². The Balaban J connectivity index is 2.09. The van der Waals surface area contributed by atoms with E-state index in [1.54, 1.807) is 6.07 Å². The summed E-state index contributed by atoms with van der Waals surface area (Å²) in [6.07, 6.45) is 0. The van der Waals surface area contributed by atoms with E-state index in [9.17, 15) is 14.9 Å². The normalized spacial score (nSPS) is 10.5. The molecule has 0 unspecified atom stereocenters. The van der Waals surface area contributed by atoms with Crippen LogP contribution < -0.4 is 11.1 Å². The largest absolute Gasteiger partial charge is 0.368 e. The molecule has 0 aliphatic carbocycles. The number of nitrogen functional groups attached to an aromatic ring is 1. The van der Waals surface area contributed by atoms with Crippen LogP contribution in [0.25, 0.3) is 0 Å². The van der Waals surface area contributed by atoms with Crippen LogP contribution in [-0.2, 0) is 4.79 Å². The molecule has 0 saturated carbocycles. The van der Waals surface area contributed by atoms with Crippen molar-refractivity contribution in [3.8, 4) is 0 Å². The van der Waals surface area contributed by atoms with Gasteiger partial charge >= 0.3 is 0 Å². The maximum Gasteiger partial charge on any atom is 0.295 e. The predicted octanol–water partition coefficient (Wildman–Crippen LogP) is 2.55. The highest BCUT2D eigenvalue weighted by Crippen LogP contribution is 2.36. The number of amides is 1. The maximum atomic E-state index is 11.9. The molecule has 1 amide bonds. The second-order valence-corrected chi connectivity index (χ2v) is 6.59. The molecule has 0 fully saturated rings. The third-order valence-corrected chi connectivity index (χ3v) is 4.24. The van der Waals surface area contributed by atoms with E-state index in [1.165, 1.54) is 6.07 Å². The fourth-order valence-electron chi connectivity index (χ4n) is 1.46. The average Bonchev–Trinajstić information content (AvgIpc) is 2.84. The van der Waals surface area contributed by atoms with E-state index in [4.69, 9.17) is 5.73 Å². The van der Waals surface area contributed by atoms with E-state index in [0.29, 0.717) is 14.1 Å². The summed E-state index contributed by atoms with van der Waals surface area (Å²) >= 11 is 7.41. The van der Waals surface area contributed by atoms with Gasteiger partial charge in [-0.25, -0.2) is 5.10 Å². The summed E-state index contributed by atoms with van der Waals surface area (Å²) in [5.41, 5.74) is 5.24. The zero-order chi connectivity index (χ0) is 16.3. The lowest BCUT2D eigenvalue weighted by Gasteiger charge is -2.08. The lowest BCUT2D eigenvalue weighted by Crippen LogP contribution is -2.15. The third-order valence-electron chi connectivity index (χ3n) is 2.31. The van der Waals surface area contributed by atoms with Gasteiger partial charge in [0, 0.05) is 15.0 Å². The molecule has 1 aromatic heterocycles. The van der Waals surface area contributed by atoms with Crippen LogP contribution in [0.2, 0.25) is 0 Å². The number of rotatable bonds is 5. The number of halogens is 2. The van der Waals surface area contributed by atoms with Crippen molar-refractivity contribution in [1.82, 2.24) is 15.2 Å². The van der Waals surface area contributed by atoms with Crippen LogP contribution >= 0.6 is 43.6 Å². The van der Waals surface area contributed by atoms with Gasteiger partial charge in [0.05, 0.1) is 10.7 Å². The number of hydrogen-bond acceptors (Lipinski definition) is 7. The Hall–Kier alpha value is -1.66. The molecule has 0 atom stereocenters. The van der Waals surface area contributed by atoms with Crippen molar-refractivity contribution in [3.63, 3.8) is 0 Å². The molecule has 4 N–H and O–H groups in total. The van der Waals surface area contributed by atoms with Crippen molar-refractivity contribution in [3.05, 3.63) is 31.2 Å². The summed E-state index contributed by atoms with van der Waals surface area (Å²) in [6, 6.07) is 2.91. The predicted molar refractivity (Wildman–Crippen MR) is 88.6 cm³/mol. The minimum atomic E-state index is -0.575. The molecule has 1 heterocycles. The monoisotopic (exact) mass is 450 g/mol. The molecule has 2 rings (SSSR count). The van der Waals surface area contributed by atoms with Crippen LogP contribution in [0.3, 0.4) is 0 Å². The number of benzene rings is 1. The van der Waals surface area contributed by atoms with E-state index in [-0.39, 0.29) is 23.1 Å². The van der Waals surface area contributed by atoms with E-state index in [1.807, 2.05) is 0 Å². The first-order chi connectivity index (χ1) is 10.4. The van der Waals surface area contributed by atoms with Crippen molar-refractivity contribution in [2.45, 2.75) is 5.16 Å². The molecule has 116 valence electrons. The molecule has 9 nitrogen and oxygen atoms in total. The first-order valence-electron chi connectivity index (χ1n) is 5.60. The molecule has 1 aromatic carbocycles. The number of nitrogens with two attached hydrogens (primary N) is 1. The lowest BCUT2D eigenvalue weighted by atomic mass is 10.2. The van der Waals surface area contributed by atoms with Crippen molar-refractivity contribution in [1.29, 1.82) is 0 Å². The molecule has 0 aliphatic rings. The summed E-state index contributed by atoms with van der Waals surface area (Å²) in [7, 11) is 0. The Morgan fingerprint density at radius 3 is 2.82 bits per heavy atom.